The number of benzene rings is 1. The van der Waals surface area contributed by atoms with Gasteiger partial charge in [-0.2, -0.15) is 0 Å². The highest BCUT2D eigenvalue weighted by molar-refractivity contribution is 7.21. The van der Waals surface area contributed by atoms with Crippen molar-refractivity contribution in [2.24, 2.45) is 0 Å². The molecule has 1 aliphatic rings. The van der Waals surface area contributed by atoms with Crippen LogP contribution in [0.15, 0.2) is 42.7 Å². The number of thiophene rings is 1. The number of aliphatic carboxylic acids is 1. The smallest absolute Gasteiger partial charge is 0.317 e. The van der Waals surface area contributed by atoms with Gasteiger partial charge in [-0.25, -0.2) is 9.97 Å². The number of aromatic nitrogens is 2. The minimum absolute atomic E-state index is 0.108. The van der Waals surface area contributed by atoms with Crippen molar-refractivity contribution in [3.8, 4) is 10.4 Å². The number of hydrogen-bond donors (Lipinski definition) is 2. The van der Waals surface area contributed by atoms with E-state index in [1.54, 1.807) is 17.7 Å². The van der Waals surface area contributed by atoms with E-state index in [4.69, 9.17) is 5.11 Å². The second kappa shape index (κ2) is 7.62. The van der Waals surface area contributed by atoms with Gasteiger partial charge in [-0.3, -0.25) is 9.69 Å². The van der Waals surface area contributed by atoms with Crippen molar-refractivity contribution in [2.75, 3.05) is 18.4 Å². The van der Waals surface area contributed by atoms with Gasteiger partial charge in [0.2, 0.25) is 0 Å². The number of carbonyl (C=O) groups is 1. The van der Waals surface area contributed by atoms with Crippen LogP contribution in [0, 0.1) is 0 Å². The molecule has 1 aliphatic carbocycles. The first kappa shape index (κ1) is 17.9. The summed E-state index contributed by atoms with van der Waals surface area (Å²) in [5.41, 5.74) is 1.18. The molecule has 4 rings (SSSR count). The van der Waals surface area contributed by atoms with E-state index in [0.717, 1.165) is 35.4 Å². The molecule has 6 nitrogen and oxygen atoms in total. The SMILES string of the molecule is CCN(CC(=O)O)C1CC(Nc2ncnc3sc(-c4ccccc4)cc23)C1. The molecule has 2 aromatic heterocycles. The van der Waals surface area contributed by atoms with Crippen molar-refractivity contribution < 1.29 is 9.90 Å². The standard InChI is InChI=1S/C20H22N4O2S/c1-2-24(11-18(25)26)15-8-14(9-15)23-19-16-10-17(13-6-4-3-5-7-13)27-20(16)22-12-21-19/h3-7,10,12,14-15H,2,8-9,11H2,1H3,(H,25,26)(H,21,22,23). The predicted octanol–water partition coefficient (Wildman–Crippen LogP) is 3.71. The second-order valence-electron chi connectivity index (χ2n) is 6.84. The Morgan fingerprint density at radius 3 is 2.78 bits per heavy atom. The summed E-state index contributed by atoms with van der Waals surface area (Å²) in [6, 6.07) is 13.1. The van der Waals surface area contributed by atoms with E-state index >= 15 is 0 Å². The molecule has 2 N–H and O–H groups in total. The lowest BCUT2D eigenvalue weighted by Crippen LogP contribution is -2.51. The average Bonchev–Trinajstić information content (AvgIpc) is 3.08. The van der Waals surface area contributed by atoms with Gasteiger partial charge in [0.25, 0.3) is 0 Å². The third kappa shape index (κ3) is 3.79. The van der Waals surface area contributed by atoms with Gasteiger partial charge in [0, 0.05) is 17.0 Å². The number of hydrogen-bond acceptors (Lipinski definition) is 6. The number of carboxylic acids is 1. The van der Waals surface area contributed by atoms with Crippen LogP contribution in [0.1, 0.15) is 19.8 Å². The average molecular weight is 382 g/mol. The summed E-state index contributed by atoms with van der Waals surface area (Å²) >= 11 is 1.67. The van der Waals surface area contributed by atoms with E-state index in [1.807, 2.05) is 30.0 Å². The third-order valence-electron chi connectivity index (χ3n) is 5.10. The monoisotopic (exact) mass is 382 g/mol. The molecule has 3 aromatic rings. The molecule has 0 radical (unpaired) electrons. The van der Waals surface area contributed by atoms with E-state index in [2.05, 4.69) is 33.5 Å². The van der Waals surface area contributed by atoms with Crippen LogP contribution in [-0.4, -0.2) is 51.1 Å². The van der Waals surface area contributed by atoms with Crippen LogP contribution in [0.2, 0.25) is 0 Å². The van der Waals surface area contributed by atoms with E-state index in [9.17, 15) is 4.79 Å². The molecule has 0 bridgehead atoms. The fraction of sp³-hybridized carbons (Fsp3) is 0.350. The fourth-order valence-electron chi connectivity index (χ4n) is 3.59. The highest BCUT2D eigenvalue weighted by Gasteiger charge is 2.34. The Balaban J connectivity index is 1.47. The molecule has 0 spiro atoms. The lowest BCUT2D eigenvalue weighted by molar-refractivity contribution is -0.139. The molecule has 140 valence electrons. The number of rotatable bonds is 7. The van der Waals surface area contributed by atoms with E-state index in [0.29, 0.717) is 12.1 Å². The predicted molar refractivity (Wildman–Crippen MR) is 108 cm³/mol. The zero-order chi connectivity index (χ0) is 18.8. The Morgan fingerprint density at radius 2 is 2.07 bits per heavy atom. The molecule has 7 heteroatoms. The van der Waals surface area contributed by atoms with Gasteiger partial charge in [-0.15, -0.1) is 11.3 Å². The summed E-state index contributed by atoms with van der Waals surface area (Å²) in [7, 11) is 0. The highest BCUT2D eigenvalue weighted by Crippen LogP contribution is 2.36. The number of nitrogens with one attached hydrogen (secondary N) is 1. The maximum Gasteiger partial charge on any atom is 0.317 e. The normalized spacial score (nSPS) is 19.2. The van der Waals surface area contributed by atoms with Gasteiger partial charge < -0.3 is 10.4 Å². The summed E-state index contributed by atoms with van der Waals surface area (Å²) in [4.78, 5) is 24.0. The van der Waals surface area contributed by atoms with Crippen LogP contribution in [0.25, 0.3) is 20.7 Å². The molecule has 2 heterocycles. The molecule has 27 heavy (non-hydrogen) atoms. The third-order valence-corrected chi connectivity index (χ3v) is 6.19. The minimum Gasteiger partial charge on any atom is -0.480 e. The Labute approximate surface area is 161 Å². The Morgan fingerprint density at radius 1 is 1.30 bits per heavy atom. The number of carboxylic acid groups (broad SMARTS) is 1. The summed E-state index contributed by atoms with van der Waals surface area (Å²) in [6.07, 6.45) is 3.47. The van der Waals surface area contributed by atoms with Crippen LogP contribution < -0.4 is 5.32 Å². The van der Waals surface area contributed by atoms with Gasteiger partial charge in [0.05, 0.1) is 11.9 Å². The van der Waals surface area contributed by atoms with Crippen molar-refractivity contribution in [3.63, 3.8) is 0 Å². The summed E-state index contributed by atoms with van der Waals surface area (Å²) in [5.74, 6) is 0.0978. The van der Waals surface area contributed by atoms with Gasteiger partial charge in [-0.05, 0) is 31.0 Å². The van der Waals surface area contributed by atoms with Crippen molar-refractivity contribution in [3.05, 3.63) is 42.7 Å². The van der Waals surface area contributed by atoms with E-state index in [-0.39, 0.29) is 6.54 Å². The second-order valence-corrected chi connectivity index (χ2v) is 7.87. The summed E-state index contributed by atoms with van der Waals surface area (Å²) in [6.45, 7) is 2.87. The topological polar surface area (TPSA) is 78.4 Å². The molecular formula is C20H22N4O2S. The van der Waals surface area contributed by atoms with Crippen molar-refractivity contribution in [1.29, 1.82) is 0 Å². The van der Waals surface area contributed by atoms with Gasteiger partial charge in [0.15, 0.2) is 0 Å². The molecule has 0 saturated heterocycles. The van der Waals surface area contributed by atoms with Crippen LogP contribution in [0.3, 0.4) is 0 Å². The first-order valence-electron chi connectivity index (χ1n) is 9.16. The van der Waals surface area contributed by atoms with Crippen LogP contribution in [-0.2, 0) is 4.79 Å². The molecule has 1 saturated carbocycles. The molecule has 1 aromatic carbocycles. The van der Waals surface area contributed by atoms with E-state index < -0.39 is 5.97 Å². The van der Waals surface area contributed by atoms with Crippen LogP contribution in [0.5, 0.6) is 0 Å². The number of likely N-dealkylation sites (N-methyl/N-ethyl adjacent to an activating group) is 1. The van der Waals surface area contributed by atoms with Gasteiger partial charge in [0.1, 0.15) is 17.0 Å². The lowest BCUT2D eigenvalue weighted by Gasteiger charge is -2.42. The molecule has 0 amide bonds. The van der Waals surface area contributed by atoms with Crippen molar-refractivity contribution in [2.45, 2.75) is 31.8 Å². The zero-order valence-corrected chi connectivity index (χ0v) is 15.9. The van der Waals surface area contributed by atoms with Crippen molar-refractivity contribution in [1.82, 2.24) is 14.9 Å². The van der Waals surface area contributed by atoms with Crippen molar-refractivity contribution >= 4 is 33.3 Å². The lowest BCUT2D eigenvalue weighted by atomic mass is 9.85. The first-order chi connectivity index (χ1) is 13.1. The van der Waals surface area contributed by atoms with Crippen LogP contribution in [0.4, 0.5) is 5.82 Å². The zero-order valence-electron chi connectivity index (χ0n) is 15.1. The Bertz CT molecular complexity index is 938. The van der Waals surface area contributed by atoms with E-state index in [1.165, 1.54) is 10.4 Å². The molecule has 0 aliphatic heterocycles. The van der Waals surface area contributed by atoms with Gasteiger partial charge in [-0.1, -0.05) is 37.3 Å². The summed E-state index contributed by atoms with van der Waals surface area (Å²) < 4.78 is 0. The minimum atomic E-state index is -0.766. The Hall–Kier alpha value is -2.51. The number of anilines is 1. The molecule has 0 unspecified atom stereocenters. The molecule has 0 atom stereocenters. The summed E-state index contributed by atoms with van der Waals surface area (Å²) in [5, 5.41) is 13.6. The van der Waals surface area contributed by atoms with Gasteiger partial charge >= 0.3 is 5.97 Å². The first-order valence-corrected chi connectivity index (χ1v) is 9.98. The van der Waals surface area contributed by atoms with Crippen LogP contribution >= 0.6 is 11.3 Å². The fourth-order valence-corrected chi connectivity index (χ4v) is 4.59. The Kier molecular flexibility index (Phi) is 5.05. The quantitative estimate of drug-likeness (QED) is 0.649. The maximum absolute atomic E-state index is 11.0. The highest BCUT2D eigenvalue weighted by atomic mass is 32.1. The largest absolute Gasteiger partial charge is 0.480 e. The maximum atomic E-state index is 11.0. The molecular weight excluding hydrogens is 360 g/mol. The number of fused-ring (bicyclic) bond motifs is 1. The number of nitrogens with zero attached hydrogens (tertiary/aromatic N) is 3. The molecule has 1 fully saturated rings.